The summed E-state index contributed by atoms with van der Waals surface area (Å²) >= 11 is 1.27. The molecule has 2 aliphatic heterocycles. The summed E-state index contributed by atoms with van der Waals surface area (Å²) in [5, 5.41) is 11.1. The van der Waals surface area contributed by atoms with Gasteiger partial charge in [0, 0.05) is 35.7 Å². The van der Waals surface area contributed by atoms with Gasteiger partial charge in [0.15, 0.2) is 0 Å². The van der Waals surface area contributed by atoms with Crippen molar-refractivity contribution in [3.05, 3.63) is 64.7 Å². The first kappa shape index (κ1) is 21.5. The molecule has 0 saturated carbocycles. The van der Waals surface area contributed by atoms with Gasteiger partial charge in [0.05, 0.1) is 18.6 Å². The minimum atomic E-state index is -0.837. The van der Waals surface area contributed by atoms with E-state index >= 15 is 0 Å². The fourth-order valence-electron chi connectivity index (χ4n) is 4.44. The van der Waals surface area contributed by atoms with Gasteiger partial charge >= 0.3 is 0 Å². The quantitative estimate of drug-likeness (QED) is 0.629. The lowest BCUT2D eigenvalue weighted by Gasteiger charge is -2.38. The highest BCUT2D eigenvalue weighted by Crippen LogP contribution is 2.52. The molecule has 3 heterocycles. The van der Waals surface area contributed by atoms with E-state index in [4.69, 9.17) is 9.47 Å². The Morgan fingerprint density at radius 2 is 1.85 bits per heavy atom. The van der Waals surface area contributed by atoms with Crippen LogP contribution in [-0.4, -0.2) is 53.2 Å². The topological polar surface area (TPSA) is 93.7 Å². The molecule has 2 amide bonds. The van der Waals surface area contributed by atoms with Crippen LogP contribution >= 0.6 is 11.3 Å². The molecule has 1 atom stereocenters. The number of benzene rings is 2. The molecule has 1 saturated heterocycles. The lowest BCUT2D eigenvalue weighted by molar-refractivity contribution is -0.124. The average molecular weight is 465 g/mol. The fourth-order valence-corrected chi connectivity index (χ4v) is 4.88. The average Bonchev–Trinajstić information content (AvgIpc) is 3.35. The van der Waals surface area contributed by atoms with Gasteiger partial charge in [-0.05, 0) is 18.2 Å². The van der Waals surface area contributed by atoms with E-state index in [2.05, 4.69) is 15.5 Å². The molecule has 3 aromatic rings. The summed E-state index contributed by atoms with van der Waals surface area (Å²) in [7, 11) is 0. The summed E-state index contributed by atoms with van der Waals surface area (Å²) in [5.41, 5.74) is 3.09. The van der Waals surface area contributed by atoms with Gasteiger partial charge in [-0.2, -0.15) is 0 Å². The van der Waals surface area contributed by atoms with Gasteiger partial charge in [0.2, 0.25) is 11.0 Å². The van der Waals surface area contributed by atoms with E-state index in [0.29, 0.717) is 48.5 Å². The zero-order valence-electron chi connectivity index (χ0n) is 18.4. The largest absolute Gasteiger partial charge is 0.457 e. The van der Waals surface area contributed by atoms with E-state index in [1.165, 1.54) is 11.3 Å². The Bertz CT molecular complexity index is 1190. The van der Waals surface area contributed by atoms with Crippen molar-refractivity contribution in [2.45, 2.75) is 19.8 Å². The van der Waals surface area contributed by atoms with E-state index in [-0.39, 0.29) is 17.7 Å². The lowest BCUT2D eigenvalue weighted by atomic mass is 9.69. The molecule has 0 bridgehead atoms. The summed E-state index contributed by atoms with van der Waals surface area (Å²) in [5.74, 6) is 0.782. The van der Waals surface area contributed by atoms with Gasteiger partial charge in [0.25, 0.3) is 5.91 Å². The number of carbonyl (C=O) groups excluding carboxylic acids is 2. The van der Waals surface area contributed by atoms with Crippen molar-refractivity contribution in [2.24, 2.45) is 5.41 Å². The number of para-hydroxylation sites is 1. The summed E-state index contributed by atoms with van der Waals surface area (Å²) in [6, 6.07) is 13.2. The molecular weight excluding hydrogens is 440 g/mol. The molecule has 170 valence electrons. The number of carbonyl (C=O) groups is 2. The van der Waals surface area contributed by atoms with Crippen LogP contribution in [0.2, 0.25) is 0 Å². The number of hydrogen-bond acceptors (Lipinski definition) is 7. The minimum Gasteiger partial charge on any atom is -0.457 e. The minimum absolute atomic E-state index is 0.0478. The van der Waals surface area contributed by atoms with E-state index in [1.54, 1.807) is 16.5 Å². The van der Waals surface area contributed by atoms with Crippen LogP contribution in [0.3, 0.4) is 0 Å². The second-order valence-corrected chi connectivity index (χ2v) is 9.48. The molecule has 0 radical (unpaired) electrons. The van der Waals surface area contributed by atoms with Gasteiger partial charge in [-0.15, -0.1) is 10.2 Å². The standard InChI is InChI=1S/C24H24N4O4S/c1-24(2,22(30)26-23-27-25-14-33-23)20-16-5-3-4-6-18(16)32-19-13-15(7-8-17(19)20)21(29)28-9-11-31-12-10-28/h3-8,13-14,20H,9-12H2,1-2H3,(H,26,27,30). The molecule has 9 heteroatoms. The zero-order chi connectivity index (χ0) is 23.0. The van der Waals surface area contributed by atoms with Gasteiger partial charge in [-0.25, -0.2) is 0 Å². The molecule has 1 aromatic heterocycles. The second-order valence-electron chi connectivity index (χ2n) is 8.65. The zero-order valence-corrected chi connectivity index (χ0v) is 19.2. The van der Waals surface area contributed by atoms with Crippen molar-refractivity contribution in [1.29, 1.82) is 0 Å². The number of morpholine rings is 1. The molecule has 5 rings (SSSR count). The smallest absolute Gasteiger partial charge is 0.254 e. The normalized spacial score (nSPS) is 17.5. The highest BCUT2D eigenvalue weighted by Gasteiger charge is 2.44. The number of rotatable bonds is 4. The van der Waals surface area contributed by atoms with Crippen LogP contribution in [0.5, 0.6) is 11.5 Å². The Morgan fingerprint density at radius 1 is 1.09 bits per heavy atom. The summed E-state index contributed by atoms with van der Waals surface area (Å²) in [4.78, 5) is 28.2. The van der Waals surface area contributed by atoms with Crippen LogP contribution < -0.4 is 10.1 Å². The number of ether oxygens (including phenoxy) is 2. The third kappa shape index (κ3) is 3.98. The Kier molecular flexibility index (Phi) is 5.59. The number of hydrogen-bond donors (Lipinski definition) is 1. The Labute approximate surface area is 195 Å². The number of nitrogens with zero attached hydrogens (tertiary/aromatic N) is 3. The maximum Gasteiger partial charge on any atom is 0.254 e. The van der Waals surface area contributed by atoms with Gasteiger partial charge in [0.1, 0.15) is 17.0 Å². The van der Waals surface area contributed by atoms with Crippen molar-refractivity contribution in [2.75, 3.05) is 31.6 Å². The molecule has 2 aromatic carbocycles. The number of anilines is 1. The fraction of sp³-hybridized carbons (Fsp3) is 0.333. The number of aromatic nitrogens is 2. The van der Waals surface area contributed by atoms with Crippen LogP contribution in [0.25, 0.3) is 0 Å². The van der Waals surface area contributed by atoms with Gasteiger partial charge in [-0.1, -0.05) is 49.4 Å². The molecule has 0 spiro atoms. The first-order chi connectivity index (χ1) is 15.9. The maximum absolute atomic E-state index is 13.3. The summed E-state index contributed by atoms with van der Waals surface area (Å²) < 4.78 is 11.6. The maximum atomic E-state index is 13.3. The Morgan fingerprint density at radius 3 is 2.61 bits per heavy atom. The molecule has 33 heavy (non-hydrogen) atoms. The van der Waals surface area contributed by atoms with E-state index in [0.717, 1.165) is 11.1 Å². The molecule has 0 aliphatic carbocycles. The monoisotopic (exact) mass is 464 g/mol. The summed E-state index contributed by atoms with van der Waals surface area (Å²) in [6.45, 7) is 6.04. The molecule has 2 aliphatic rings. The van der Waals surface area contributed by atoms with E-state index < -0.39 is 5.41 Å². The molecular formula is C24H24N4O4S. The van der Waals surface area contributed by atoms with Crippen molar-refractivity contribution in [3.8, 4) is 11.5 Å². The summed E-state index contributed by atoms with van der Waals surface area (Å²) in [6.07, 6.45) is 0. The number of amides is 2. The van der Waals surface area contributed by atoms with Crippen molar-refractivity contribution in [1.82, 2.24) is 15.1 Å². The van der Waals surface area contributed by atoms with Crippen LogP contribution in [0.1, 0.15) is 41.3 Å². The SMILES string of the molecule is CC(C)(C(=O)Nc1nncs1)C1c2ccccc2Oc2cc(C(=O)N3CCOCC3)ccc21. The highest BCUT2D eigenvalue weighted by atomic mass is 32.1. The van der Waals surface area contributed by atoms with Crippen molar-refractivity contribution < 1.29 is 19.1 Å². The predicted octanol–water partition coefficient (Wildman–Crippen LogP) is 3.91. The van der Waals surface area contributed by atoms with Crippen LogP contribution in [-0.2, 0) is 9.53 Å². The second kappa shape index (κ2) is 8.57. The van der Waals surface area contributed by atoms with Crippen LogP contribution in [0, 0.1) is 5.41 Å². The Balaban J connectivity index is 1.52. The first-order valence-electron chi connectivity index (χ1n) is 10.8. The third-order valence-electron chi connectivity index (χ3n) is 6.21. The molecule has 1 unspecified atom stereocenters. The molecule has 8 nitrogen and oxygen atoms in total. The number of nitrogens with one attached hydrogen (secondary N) is 1. The lowest BCUT2D eigenvalue weighted by Crippen LogP contribution is -2.40. The Hall–Kier alpha value is -3.30. The first-order valence-corrected chi connectivity index (χ1v) is 11.7. The predicted molar refractivity (Wildman–Crippen MR) is 124 cm³/mol. The van der Waals surface area contributed by atoms with E-state index in [9.17, 15) is 9.59 Å². The van der Waals surface area contributed by atoms with E-state index in [1.807, 2.05) is 50.2 Å². The molecule has 1 N–H and O–H groups in total. The van der Waals surface area contributed by atoms with Crippen molar-refractivity contribution in [3.63, 3.8) is 0 Å². The van der Waals surface area contributed by atoms with Crippen molar-refractivity contribution >= 4 is 28.3 Å². The van der Waals surface area contributed by atoms with Gasteiger partial charge in [-0.3, -0.25) is 9.59 Å². The van der Waals surface area contributed by atoms with Crippen LogP contribution in [0.4, 0.5) is 5.13 Å². The highest BCUT2D eigenvalue weighted by molar-refractivity contribution is 7.13. The molecule has 1 fully saturated rings. The number of fused-ring (bicyclic) bond motifs is 2. The van der Waals surface area contributed by atoms with Crippen LogP contribution in [0.15, 0.2) is 48.0 Å². The third-order valence-corrected chi connectivity index (χ3v) is 6.81. The van der Waals surface area contributed by atoms with Gasteiger partial charge < -0.3 is 19.7 Å².